The summed E-state index contributed by atoms with van der Waals surface area (Å²) in [4.78, 5) is 45.0. The highest BCUT2D eigenvalue weighted by Gasteiger charge is 2.20. The molecular weight excluding hydrogens is 306 g/mol. The molecule has 2 atom stereocenters. The zero-order chi connectivity index (χ0) is 17.8. The van der Waals surface area contributed by atoms with Crippen LogP contribution in [0.2, 0.25) is 0 Å². The first kappa shape index (κ1) is 20.8. The van der Waals surface area contributed by atoms with Gasteiger partial charge in [0, 0.05) is 0 Å². The quantitative estimate of drug-likeness (QED) is 0.222. The van der Waals surface area contributed by atoms with Crippen molar-refractivity contribution < 1.29 is 24.3 Å². The predicted octanol–water partition coefficient (Wildman–Crippen LogP) is -2.74. The molecular formula is C13H25N5O5. The van der Waals surface area contributed by atoms with Gasteiger partial charge in [-0.1, -0.05) is 6.42 Å². The molecule has 0 bridgehead atoms. The summed E-state index contributed by atoms with van der Waals surface area (Å²) in [5.74, 6) is -2.86. The maximum absolute atomic E-state index is 11.8. The van der Waals surface area contributed by atoms with Crippen LogP contribution in [0.4, 0.5) is 0 Å². The Morgan fingerprint density at radius 3 is 2.26 bits per heavy atom. The second kappa shape index (κ2) is 11.4. The maximum atomic E-state index is 11.8. The Morgan fingerprint density at radius 2 is 1.70 bits per heavy atom. The van der Waals surface area contributed by atoms with E-state index in [1.807, 2.05) is 0 Å². The fourth-order valence-corrected chi connectivity index (χ4v) is 1.58. The first-order valence-electron chi connectivity index (χ1n) is 7.30. The lowest BCUT2D eigenvalue weighted by atomic mass is 10.1. The topological polar surface area (TPSA) is 177 Å². The lowest BCUT2D eigenvalue weighted by Gasteiger charge is -2.17. The molecule has 0 aromatic carbocycles. The SMILES string of the molecule is CC(NC(=O)C(N)CCCCN)C(=O)NCC(=O)NCC(=O)O. The third kappa shape index (κ3) is 10.2. The van der Waals surface area contributed by atoms with E-state index in [0.717, 1.165) is 12.8 Å². The second-order valence-electron chi connectivity index (χ2n) is 5.01. The Bertz CT molecular complexity index is 429. The van der Waals surface area contributed by atoms with Gasteiger partial charge in [-0.15, -0.1) is 0 Å². The summed E-state index contributed by atoms with van der Waals surface area (Å²) < 4.78 is 0. The molecule has 0 aliphatic carbocycles. The average molecular weight is 331 g/mol. The van der Waals surface area contributed by atoms with Crippen LogP contribution >= 0.6 is 0 Å². The van der Waals surface area contributed by atoms with Gasteiger partial charge in [0.25, 0.3) is 0 Å². The number of aliphatic carboxylic acids is 1. The van der Waals surface area contributed by atoms with Crippen LogP contribution in [0, 0.1) is 0 Å². The number of carboxylic acid groups (broad SMARTS) is 1. The minimum Gasteiger partial charge on any atom is -0.480 e. The number of hydrogen-bond donors (Lipinski definition) is 6. The Balaban J connectivity index is 4.07. The number of hydrogen-bond acceptors (Lipinski definition) is 6. The van der Waals surface area contributed by atoms with Gasteiger partial charge in [0.2, 0.25) is 17.7 Å². The van der Waals surface area contributed by atoms with Crippen molar-refractivity contribution in [1.82, 2.24) is 16.0 Å². The molecule has 0 saturated heterocycles. The first-order chi connectivity index (χ1) is 10.8. The van der Waals surface area contributed by atoms with Crippen LogP contribution in [-0.4, -0.2) is 60.5 Å². The van der Waals surface area contributed by atoms with Crippen molar-refractivity contribution >= 4 is 23.7 Å². The molecule has 2 unspecified atom stereocenters. The van der Waals surface area contributed by atoms with E-state index in [0.29, 0.717) is 13.0 Å². The van der Waals surface area contributed by atoms with Crippen molar-refractivity contribution in [3.63, 3.8) is 0 Å². The molecule has 0 aliphatic rings. The van der Waals surface area contributed by atoms with E-state index in [4.69, 9.17) is 16.6 Å². The minimum atomic E-state index is -1.19. The van der Waals surface area contributed by atoms with E-state index < -0.39 is 42.3 Å². The normalized spacial score (nSPS) is 12.8. The molecule has 0 aromatic heterocycles. The lowest BCUT2D eigenvalue weighted by molar-refractivity contribution is -0.138. The van der Waals surface area contributed by atoms with Crippen LogP contribution in [0.25, 0.3) is 0 Å². The van der Waals surface area contributed by atoms with Crippen LogP contribution in [0.15, 0.2) is 0 Å². The summed E-state index contributed by atoms with van der Waals surface area (Å²) >= 11 is 0. The van der Waals surface area contributed by atoms with E-state index >= 15 is 0 Å². The Morgan fingerprint density at radius 1 is 1.04 bits per heavy atom. The molecule has 0 radical (unpaired) electrons. The van der Waals surface area contributed by atoms with Crippen molar-refractivity contribution in [3.05, 3.63) is 0 Å². The van der Waals surface area contributed by atoms with Crippen molar-refractivity contribution in [1.29, 1.82) is 0 Å². The van der Waals surface area contributed by atoms with Gasteiger partial charge in [0.05, 0.1) is 12.6 Å². The number of unbranched alkanes of at least 4 members (excludes halogenated alkanes) is 1. The molecule has 0 rings (SSSR count). The molecule has 23 heavy (non-hydrogen) atoms. The van der Waals surface area contributed by atoms with Gasteiger partial charge in [-0.2, -0.15) is 0 Å². The van der Waals surface area contributed by atoms with E-state index in [1.54, 1.807) is 0 Å². The standard InChI is InChI=1S/C13H25N5O5/c1-8(18-13(23)9(15)4-2-3-5-14)12(22)17-6-10(19)16-7-11(20)21/h8-9H,2-7,14-15H2,1H3,(H,16,19)(H,17,22)(H,18,23)(H,20,21). The van der Waals surface area contributed by atoms with Crippen LogP contribution in [0.1, 0.15) is 26.2 Å². The molecule has 0 fully saturated rings. The highest BCUT2D eigenvalue weighted by molar-refractivity contribution is 5.91. The molecule has 0 aromatic rings. The Kier molecular flexibility index (Phi) is 10.3. The van der Waals surface area contributed by atoms with Crippen molar-refractivity contribution in [2.45, 2.75) is 38.3 Å². The number of nitrogens with two attached hydrogens (primary N) is 2. The maximum Gasteiger partial charge on any atom is 0.322 e. The fraction of sp³-hybridized carbons (Fsp3) is 0.692. The van der Waals surface area contributed by atoms with Crippen LogP contribution in [0.5, 0.6) is 0 Å². The number of rotatable bonds is 11. The van der Waals surface area contributed by atoms with Crippen molar-refractivity contribution in [3.8, 4) is 0 Å². The summed E-state index contributed by atoms with van der Waals surface area (Å²) in [6.45, 7) is 1.07. The average Bonchev–Trinajstić information content (AvgIpc) is 2.50. The third-order valence-electron chi connectivity index (χ3n) is 2.92. The number of carbonyl (C=O) groups excluding carboxylic acids is 3. The van der Waals surface area contributed by atoms with E-state index in [2.05, 4.69) is 16.0 Å². The minimum absolute atomic E-state index is 0.380. The molecule has 0 spiro atoms. The van der Waals surface area contributed by atoms with Gasteiger partial charge < -0.3 is 32.5 Å². The number of carboxylic acids is 1. The highest BCUT2D eigenvalue weighted by Crippen LogP contribution is 1.98. The molecule has 0 aliphatic heterocycles. The largest absolute Gasteiger partial charge is 0.480 e. The molecule has 3 amide bonds. The van der Waals surface area contributed by atoms with Gasteiger partial charge in [-0.25, -0.2) is 0 Å². The third-order valence-corrected chi connectivity index (χ3v) is 2.92. The van der Waals surface area contributed by atoms with Gasteiger partial charge in [0.15, 0.2) is 0 Å². The predicted molar refractivity (Wildman–Crippen MR) is 82.1 cm³/mol. The lowest BCUT2D eigenvalue weighted by Crippen LogP contribution is -2.51. The zero-order valence-corrected chi connectivity index (χ0v) is 13.1. The molecule has 10 heteroatoms. The van der Waals surface area contributed by atoms with Crippen LogP contribution in [-0.2, 0) is 19.2 Å². The highest BCUT2D eigenvalue weighted by atomic mass is 16.4. The number of amides is 3. The summed E-state index contributed by atoms with van der Waals surface area (Å²) in [7, 11) is 0. The Hall–Kier alpha value is -2.20. The van der Waals surface area contributed by atoms with E-state index in [1.165, 1.54) is 6.92 Å². The van der Waals surface area contributed by atoms with Crippen LogP contribution < -0.4 is 27.4 Å². The Labute approximate surface area is 134 Å². The summed E-state index contributed by atoms with van der Waals surface area (Å²) in [5, 5.41) is 15.2. The van der Waals surface area contributed by atoms with Crippen LogP contribution in [0.3, 0.4) is 0 Å². The molecule has 8 N–H and O–H groups in total. The molecule has 0 heterocycles. The summed E-state index contributed by atoms with van der Waals surface area (Å²) in [6, 6.07) is -1.59. The van der Waals surface area contributed by atoms with Gasteiger partial charge in [-0.05, 0) is 26.3 Å². The zero-order valence-electron chi connectivity index (χ0n) is 13.1. The first-order valence-corrected chi connectivity index (χ1v) is 7.30. The second-order valence-corrected chi connectivity index (χ2v) is 5.01. The van der Waals surface area contributed by atoms with Gasteiger partial charge in [-0.3, -0.25) is 19.2 Å². The van der Waals surface area contributed by atoms with Crippen molar-refractivity contribution in [2.24, 2.45) is 11.5 Å². The molecule has 132 valence electrons. The molecule has 0 saturated carbocycles. The van der Waals surface area contributed by atoms with Gasteiger partial charge in [0.1, 0.15) is 12.6 Å². The van der Waals surface area contributed by atoms with E-state index in [9.17, 15) is 19.2 Å². The van der Waals surface area contributed by atoms with E-state index in [-0.39, 0.29) is 6.54 Å². The summed E-state index contributed by atoms with van der Waals surface area (Å²) in [5.41, 5.74) is 11.0. The molecule has 10 nitrogen and oxygen atoms in total. The smallest absolute Gasteiger partial charge is 0.322 e. The fourth-order valence-electron chi connectivity index (χ4n) is 1.58. The van der Waals surface area contributed by atoms with Gasteiger partial charge >= 0.3 is 5.97 Å². The number of nitrogens with one attached hydrogen (secondary N) is 3. The monoisotopic (exact) mass is 331 g/mol. The number of carbonyl (C=O) groups is 4. The van der Waals surface area contributed by atoms with Crippen molar-refractivity contribution in [2.75, 3.05) is 19.6 Å². The summed E-state index contributed by atoms with van der Waals surface area (Å²) in [6.07, 6.45) is 1.95.